The third-order valence-electron chi connectivity index (χ3n) is 3.60. The van der Waals surface area contributed by atoms with Gasteiger partial charge in [0.2, 0.25) is 5.91 Å². The smallest absolute Gasteiger partial charge is 0.249 e. The average Bonchev–Trinajstić information content (AvgIpc) is 1.99. The molecule has 0 aromatic carbocycles. The molecular weight excluding hydrogens is 168 g/mol. The predicted molar refractivity (Wildman–Crippen MR) is 46.0 cm³/mol. The molecule has 4 aliphatic rings. The summed E-state index contributed by atoms with van der Waals surface area (Å²) in [4.78, 5) is 13.5. The van der Waals surface area contributed by atoms with Gasteiger partial charge < -0.3 is 15.4 Å². The van der Waals surface area contributed by atoms with Crippen LogP contribution in [0.2, 0.25) is 0 Å². The zero-order valence-electron chi connectivity index (χ0n) is 7.58. The summed E-state index contributed by atoms with van der Waals surface area (Å²) in [6, 6.07) is 0. The molecule has 4 heteroatoms. The number of morpholine rings is 1. The summed E-state index contributed by atoms with van der Waals surface area (Å²) in [5.74, 6) is 0.146. The molecule has 1 heterocycles. The molecule has 0 spiro atoms. The molecule has 72 valence electrons. The standard InChI is InChI=1S/C9H14N2O2/c10-8-4-9(5-8,6-8)11-1-2-13-3-7(11)12/h1-6,10H2. The van der Waals surface area contributed by atoms with Gasteiger partial charge in [-0.25, -0.2) is 0 Å². The molecule has 0 atom stereocenters. The summed E-state index contributed by atoms with van der Waals surface area (Å²) >= 11 is 0. The zero-order valence-corrected chi connectivity index (χ0v) is 7.58. The number of nitrogens with zero attached hydrogens (tertiary/aromatic N) is 1. The van der Waals surface area contributed by atoms with Crippen LogP contribution in [0.15, 0.2) is 0 Å². The van der Waals surface area contributed by atoms with Crippen molar-refractivity contribution in [2.75, 3.05) is 19.8 Å². The van der Waals surface area contributed by atoms with Gasteiger partial charge in [-0.15, -0.1) is 0 Å². The first-order valence-corrected chi connectivity index (χ1v) is 4.81. The van der Waals surface area contributed by atoms with Gasteiger partial charge in [-0.3, -0.25) is 4.79 Å². The fourth-order valence-corrected chi connectivity index (χ4v) is 3.12. The van der Waals surface area contributed by atoms with Crippen LogP contribution in [0.3, 0.4) is 0 Å². The maximum atomic E-state index is 11.5. The zero-order chi connectivity index (χ0) is 9.10. The number of nitrogens with two attached hydrogens (primary N) is 1. The quantitative estimate of drug-likeness (QED) is 0.593. The highest BCUT2D eigenvalue weighted by Gasteiger charge is 2.69. The number of amides is 1. The van der Waals surface area contributed by atoms with Gasteiger partial charge in [0.05, 0.1) is 6.61 Å². The lowest BCUT2D eigenvalue weighted by Crippen LogP contribution is -2.83. The summed E-state index contributed by atoms with van der Waals surface area (Å²) in [6.07, 6.45) is 3.02. The van der Waals surface area contributed by atoms with Crippen LogP contribution in [0.25, 0.3) is 0 Å². The fraction of sp³-hybridized carbons (Fsp3) is 0.889. The van der Waals surface area contributed by atoms with Crippen molar-refractivity contribution in [1.82, 2.24) is 4.90 Å². The molecule has 3 aliphatic carbocycles. The van der Waals surface area contributed by atoms with Crippen LogP contribution in [0.5, 0.6) is 0 Å². The first-order valence-electron chi connectivity index (χ1n) is 4.81. The van der Waals surface area contributed by atoms with E-state index in [1.165, 1.54) is 0 Å². The molecule has 13 heavy (non-hydrogen) atoms. The molecule has 0 aromatic heterocycles. The van der Waals surface area contributed by atoms with E-state index < -0.39 is 0 Å². The minimum atomic E-state index is 0.0819. The Labute approximate surface area is 77.0 Å². The summed E-state index contributed by atoms with van der Waals surface area (Å²) < 4.78 is 5.10. The van der Waals surface area contributed by atoms with E-state index >= 15 is 0 Å². The molecule has 2 bridgehead atoms. The number of carbonyl (C=O) groups excluding carboxylic acids is 1. The van der Waals surface area contributed by atoms with Crippen molar-refractivity contribution in [2.45, 2.75) is 30.3 Å². The number of hydrogen-bond donors (Lipinski definition) is 1. The van der Waals surface area contributed by atoms with Crippen molar-refractivity contribution in [2.24, 2.45) is 5.73 Å². The lowest BCUT2D eigenvalue weighted by molar-refractivity contribution is -0.194. The van der Waals surface area contributed by atoms with Gasteiger partial charge in [0.25, 0.3) is 0 Å². The molecule has 1 amide bonds. The van der Waals surface area contributed by atoms with Crippen LogP contribution < -0.4 is 5.73 Å². The van der Waals surface area contributed by atoms with E-state index in [1.54, 1.807) is 0 Å². The predicted octanol–water partition coefficient (Wildman–Crippen LogP) is -0.521. The van der Waals surface area contributed by atoms with Gasteiger partial charge in [0.1, 0.15) is 6.61 Å². The molecule has 4 rings (SSSR count). The van der Waals surface area contributed by atoms with Gasteiger partial charge in [0.15, 0.2) is 0 Å². The first-order chi connectivity index (χ1) is 6.14. The normalized spacial score (nSPS) is 48.4. The summed E-state index contributed by atoms with van der Waals surface area (Å²) in [6.45, 7) is 1.71. The third kappa shape index (κ3) is 0.849. The first kappa shape index (κ1) is 7.76. The summed E-state index contributed by atoms with van der Waals surface area (Å²) in [7, 11) is 0. The highest BCUT2D eigenvalue weighted by atomic mass is 16.5. The van der Waals surface area contributed by atoms with Gasteiger partial charge >= 0.3 is 0 Å². The second-order valence-electron chi connectivity index (χ2n) is 4.72. The van der Waals surface area contributed by atoms with Gasteiger partial charge in [-0.1, -0.05) is 0 Å². The maximum Gasteiger partial charge on any atom is 0.249 e. The monoisotopic (exact) mass is 182 g/mol. The van der Waals surface area contributed by atoms with E-state index in [-0.39, 0.29) is 23.6 Å². The highest BCUT2D eigenvalue weighted by molar-refractivity contribution is 5.79. The molecule has 3 saturated carbocycles. The van der Waals surface area contributed by atoms with Gasteiger partial charge in [-0.2, -0.15) is 0 Å². The number of hydrogen-bond acceptors (Lipinski definition) is 3. The number of carbonyl (C=O) groups is 1. The molecule has 0 radical (unpaired) electrons. The van der Waals surface area contributed by atoms with E-state index in [4.69, 9.17) is 10.5 Å². The maximum absolute atomic E-state index is 11.5. The van der Waals surface area contributed by atoms with E-state index in [9.17, 15) is 4.79 Å². The largest absolute Gasteiger partial charge is 0.370 e. The van der Waals surface area contributed by atoms with Crippen LogP contribution in [0, 0.1) is 0 Å². The Morgan fingerprint density at radius 1 is 1.38 bits per heavy atom. The second kappa shape index (κ2) is 2.07. The van der Waals surface area contributed by atoms with E-state index in [0.29, 0.717) is 6.61 Å². The molecular formula is C9H14N2O2. The Hall–Kier alpha value is -0.610. The van der Waals surface area contributed by atoms with Crippen molar-refractivity contribution < 1.29 is 9.53 Å². The van der Waals surface area contributed by atoms with Crippen LogP contribution in [0.1, 0.15) is 19.3 Å². The van der Waals surface area contributed by atoms with Crippen LogP contribution in [-0.2, 0) is 9.53 Å². The van der Waals surface area contributed by atoms with Gasteiger partial charge in [0, 0.05) is 17.6 Å². The minimum absolute atomic E-state index is 0.0819. The Balaban J connectivity index is 1.75. The fourth-order valence-electron chi connectivity index (χ4n) is 3.12. The SMILES string of the molecule is NC12CC(N3CCOCC3=O)(C1)C2. The van der Waals surface area contributed by atoms with E-state index in [2.05, 4.69) is 0 Å². The molecule has 0 aromatic rings. The van der Waals surface area contributed by atoms with Crippen molar-refractivity contribution in [3.8, 4) is 0 Å². The molecule has 4 fully saturated rings. The van der Waals surface area contributed by atoms with Crippen molar-refractivity contribution in [1.29, 1.82) is 0 Å². The number of rotatable bonds is 1. The Bertz CT molecular complexity index is 257. The molecule has 1 saturated heterocycles. The van der Waals surface area contributed by atoms with Crippen LogP contribution >= 0.6 is 0 Å². The van der Waals surface area contributed by atoms with Crippen LogP contribution in [0.4, 0.5) is 0 Å². The van der Waals surface area contributed by atoms with E-state index in [0.717, 1.165) is 25.8 Å². The second-order valence-corrected chi connectivity index (χ2v) is 4.72. The summed E-state index contributed by atoms with van der Waals surface area (Å²) in [5.41, 5.74) is 6.19. The number of ether oxygens (including phenoxy) is 1. The molecule has 2 N–H and O–H groups in total. The van der Waals surface area contributed by atoms with Crippen molar-refractivity contribution in [3.05, 3.63) is 0 Å². The Morgan fingerprint density at radius 3 is 2.62 bits per heavy atom. The van der Waals surface area contributed by atoms with Crippen molar-refractivity contribution in [3.63, 3.8) is 0 Å². The lowest BCUT2D eigenvalue weighted by atomic mass is 9.44. The van der Waals surface area contributed by atoms with Crippen LogP contribution in [-0.4, -0.2) is 41.6 Å². The Morgan fingerprint density at radius 2 is 2.08 bits per heavy atom. The average molecular weight is 182 g/mol. The van der Waals surface area contributed by atoms with E-state index in [1.807, 2.05) is 4.90 Å². The third-order valence-corrected chi connectivity index (χ3v) is 3.60. The Kier molecular flexibility index (Phi) is 1.23. The van der Waals surface area contributed by atoms with Gasteiger partial charge in [-0.05, 0) is 19.3 Å². The topological polar surface area (TPSA) is 55.6 Å². The molecule has 0 unspecified atom stereocenters. The van der Waals surface area contributed by atoms with Crippen molar-refractivity contribution >= 4 is 5.91 Å². The molecule has 1 aliphatic heterocycles. The minimum Gasteiger partial charge on any atom is -0.370 e. The molecule has 4 nitrogen and oxygen atoms in total. The lowest BCUT2D eigenvalue weighted by Gasteiger charge is -2.72. The highest BCUT2D eigenvalue weighted by Crippen LogP contribution is 2.62. The summed E-state index contributed by atoms with van der Waals surface area (Å²) in [5, 5.41) is 0.